The maximum atomic E-state index is 12.1. The number of nitrogens with zero attached hydrogens (tertiary/aromatic N) is 1. The zero-order chi connectivity index (χ0) is 13.2. The number of nitrogens with one attached hydrogen (secondary N) is 1. The smallest absolute Gasteiger partial charge is 0.277 e. The van der Waals surface area contributed by atoms with Crippen molar-refractivity contribution in [1.82, 2.24) is 5.16 Å². The first-order valence-electron chi connectivity index (χ1n) is 6.20. The molecule has 0 radical (unpaired) electrons. The van der Waals surface area contributed by atoms with E-state index in [2.05, 4.69) is 21.1 Å². The minimum Gasteiger partial charge on any atom is -0.495 e. The molecule has 2 aromatic rings. The lowest BCUT2D eigenvalue weighted by atomic mass is 10.1. The van der Waals surface area contributed by atoms with Crippen LogP contribution in [0.1, 0.15) is 28.0 Å². The Balaban J connectivity index is 1.96. The van der Waals surface area contributed by atoms with Crippen molar-refractivity contribution < 1.29 is 14.1 Å². The van der Waals surface area contributed by atoms with Crippen LogP contribution in [0, 0.1) is 0 Å². The van der Waals surface area contributed by atoms with Crippen LogP contribution in [0.25, 0.3) is 0 Å². The molecular weight excluding hydrogens is 244 g/mol. The van der Waals surface area contributed by atoms with Crippen LogP contribution in [0.5, 0.6) is 5.75 Å². The van der Waals surface area contributed by atoms with Gasteiger partial charge in [0, 0.05) is 6.07 Å². The van der Waals surface area contributed by atoms with E-state index in [1.807, 2.05) is 6.07 Å². The van der Waals surface area contributed by atoms with Crippen molar-refractivity contribution in [3.63, 3.8) is 0 Å². The quantitative estimate of drug-likeness (QED) is 0.918. The largest absolute Gasteiger partial charge is 0.495 e. The Kier molecular flexibility index (Phi) is 2.95. The second-order valence-corrected chi connectivity index (χ2v) is 4.47. The van der Waals surface area contributed by atoms with E-state index in [0.29, 0.717) is 5.75 Å². The summed E-state index contributed by atoms with van der Waals surface area (Å²) >= 11 is 0. The van der Waals surface area contributed by atoms with E-state index in [1.165, 1.54) is 17.9 Å². The van der Waals surface area contributed by atoms with Crippen LogP contribution >= 0.6 is 0 Å². The molecule has 1 aliphatic carbocycles. The van der Waals surface area contributed by atoms with Crippen LogP contribution < -0.4 is 10.1 Å². The predicted molar refractivity (Wildman–Crippen MR) is 69.5 cm³/mol. The third-order valence-electron chi connectivity index (χ3n) is 3.37. The van der Waals surface area contributed by atoms with Crippen molar-refractivity contribution in [2.24, 2.45) is 0 Å². The van der Waals surface area contributed by atoms with Gasteiger partial charge in [-0.15, -0.1) is 0 Å². The second kappa shape index (κ2) is 4.76. The number of ether oxygens (including phenoxy) is 1. The Morgan fingerprint density at radius 1 is 1.37 bits per heavy atom. The number of benzene rings is 1. The summed E-state index contributed by atoms with van der Waals surface area (Å²) in [7, 11) is 1.60. The van der Waals surface area contributed by atoms with E-state index < -0.39 is 0 Å². The summed E-state index contributed by atoms with van der Waals surface area (Å²) in [5, 5.41) is 6.51. The Morgan fingerprint density at radius 2 is 2.26 bits per heavy atom. The lowest BCUT2D eigenvalue weighted by molar-refractivity contribution is 0.101. The molecule has 1 amide bonds. The van der Waals surface area contributed by atoms with E-state index in [-0.39, 0.29) is 11.6 Å². The molecule has 5 heteroatoms. The monoisotopic (exact) mass is 258 g/mol. The SMILES string of the molecule is COc1ccc2c(c1NC(=O)c1ccon1)CCC2. The number of aryl methyl sites for hydroxylation is 1. The molecule has 0 atom stereocenters. The first-order chi connectivity index (χ1) is 9.29. The normalized spacial score (nSPS) is 13.1. The summed E-state index contributed by atoms with van der Waals surface area (Å²) < 4.78 is 10.0. The summed E-state index contributed by atoms with van der Waals surface area (Å²) in [5.41, 5.74) is 3.45. The van der Waals surface area contributed by atoms with Crippen LogP contribution in [-0.2, 0) is 12.8 Å². The molecule has 19 heavy (non-hydrogen) atoms. The molecule has 0 saturated heterocycles. The molecule has 0 fully saturated rings. The number of aromatic nitrogens is 1. The highest BCUT2D eigenvalue weighted by atomic mass is 16.5. The molecule has 3 rings (SSSR count). The number of methoxy groups -OCH3 is 1. The number of hydrogen-bond acceptors (Lipinski definition) is 4. The number of hydrogen-bond donors (Lipinski definition) is 1. The third-order valence-corrected chi connectivity index (χ3v) is 3.37. The fourth-order valence-corrected chi connectivity index (χ4v) is 2.46. The molecule has 0 bridgehead atoms. The molecule has 1 aromatic heterocycles. The average Bonchev–Trinajstić information content (AvgIpc) is 3.10. The first-order valence-corrected chi connectivity index (χ1v) is 6.20. The molecule has 1 aliphatic rings. The number of fused-ring (bicyclic) bond motifs is 1. The van der Waals surface area contributed by atoms with Crippen molar-refractivity contribution in [3.05, 3.63) is 41.3 Å². The molecule has 0 saturated carbocycles. The van der Waals surface area contributed by atoms with E-state index in [1.54, 1.807) is 7.11 Å². The molecule has 0 unspecified atom stereocenters. The van der Waals surface area contributed by atoms with Crippen LogP contribution in [0.15, 0.2) is 29.0 Å². The zero-order valence-electron chi connectivity index (χ0n) is 10.6. The van der Waals surface area contributed by atoms with E-state index >= 15 is 0 Å². The van der Waals surface area contributed by atoms with Crippen molar-refractivity contribution in [1.29, 1.82) is 0 Å². The Hall–Kier alpha value is -2.30. The van der Waals surface area contributed by atoms with Gasteiger partial charge in [-0.3, -0.25) is 4.79 Å². The summed E-state index contributed by atoms with van der Waals surface area (Å²) in [4.78, 5) is 12.1. The van der Waals surface area contributed by atoms with E-state index in [9.17, 15) is 4.79 Å². The first kappa shape index (κ1) is 11.8. The van der Waals surface area contributed by atoms with Gasteiger partial charge >= 0.3 is 0 Å². The van der Waals surface area contributed by atoms with Crippen molar-refractivity contribution in [2.45, 2.75) is 19.3 Å². The van der Waals surface area contributed by atoms with Gasteiger partial charge in [0.2, 0.25) is 0 Å². The van der Waals surface area contributed by atoms with Gasteiger partial charge in [-0.2, -0.15) is 0 Å². The Labute approximate surface area is 110 Å². The maximum Gasteiger partial charge on any atom is 0.277 e. The van der Waals surface area contributed by atoms with Crippen LogP contribution in [0.3, 0.4) is 0 Å². The lowest BCUT2D eigenvalue weighted by Crippen LogP contribution is -2.14. The minimum atomic E-state index is -0.285. The van der Waals surface area contributed by atoms with Crippen molar-refractivity contribution in [2.75, 3.05) is 12.4 Å². The van der Waals surface area contributed by atoms with Gasteiger partial charge in [0.05, 0.1) is 12.8 Å². The van der Waals surface area contributed by atoms with Gasteiger partial charge in [-0.1, -0.05) is 11.2 Å². The lowest BCUT2D eigenvalue weighted by Gasteiger charge is -2.14. The van der Waals surface area contributed by atoms with Gasteiger partial charge < -0.3 is 14.6 Å². The molecule has 0 spiro atoms. The van der Waals surface area contributed by atoms with Crippen LogP contribution in [0.2, 0.25) is 0 Å². The van der Waals surface area contributed by atoms with Crippen molar-refractivity contribution in [3.8, 4) is 5.75 Å². The van der Waals surface area contributed by atoms with Crippen molar-refractivity contribution >= 4 is 11.6 Å². The summed E-state index contributed by atoms with van der Waals surface area (Å²) in [6, 6.07) is 5.49. The highest BCUT2D eigenvalue weighted by Gasteiger charge is 2.21. The molecule has 5 nitrogen and oxygen atoms in total. The van der Waals surface area contributed by atoms with Crippen LogP contribution in [-0.4, -0.2) is 18.2 Å². The standard InChI is InChI=1S/C14H14N2O3/c1-18-12-6-5-9-3-2-4-10(9)13(12)15-14(17)11-7-8-19-16-11/h5-8H,2-4H2,1H3,(H,15,17). The van der Waals surface area contributed by atoms with E-state index in [0.717, 1.165) is 30.5 Å². The molecule has 98 valence electrons. The number of carbonyl (C=O) groups excluding carboxylic acids is 1. The number of amides is 1. The molecule has 1 N–H and O–H groups in total. The third kappa shape index (κ3) is 2.07. The van der Waals surface area contributed by atoms with Gasteiger partial charge in [-0.25, -0.2) is 0 Å². The Morgan fingerprint density at radius 3 is 3.00 bits per heavy atom. The van der Waals surface area contributed by atoms with Gasteiger partial charge in [0.25, 0.3) is 5.91 Å². The van der Waals surface area contributed by atoms with Gasteiger partial charge in [-0.05, 0) is 36.5 Å². The zero-order valence-corrected chi connectivity index (χ0v) is 10.6. The van der Waals surface area contributed by atoms with Gasteiger partial charge in [0.15, 0.2) is 5.69 Å². The summed E-state index contributed by atoms with van der Waals surface area (Å²) in [6.45, 7) is 0. The molecule has 1 aromatic carbocycles. The molecule has 1 heterocycles. The fraction of sp³-hybridized carbons (Fsp3) is 0.286. The number of carbonyl (C=O) groups is 1. The Bertz CT molecular complexity index is 605. The number of rotatable bonds is 3. The van der Waals surface area contributed by atoms with Crippen LogP contribution in [0.4, 0.5) is 5.69 Å². The van der Waals surface area contributed by atoms with E-state index in [4.69, 9.17) is 4.74 Å². The second-order valence-electron chi connectivity index (χ2n) is 4.47. The topological polar surface area (TPSA) is 64.4 Å². The minimum absolute atomic E-state index is 0.262. The average molecular weight is 258 g/mol. The molecular formula is C14H14N2O3. The molecule has 0 aliphatic heterocycles. The highest BCUT2D eigenvalue weighted by Crippen LogP contribution is 2.36. The maximum absolute atomic E-state index is 12.1. The summed E-state index contributed by atoms with van der Waals surface area (Å²) in [5.74, 6) is 0.393. The van der Waals surface area contributed by atoms with Gasteiger partial charge in [0.1, 0.15) is 12.0 Å². The highest BCUT2D eigenvalue weighted by molar-refractivity contribution is 6.04. The fourth-order valence-electron chi connectivity index (χ4n) is 2.46. The summed E-state index contributed by atoms with van der Waals surface area (Å²) in [6.07, 6.45) is 4.49. The number of anilines is 1. The predicted octanol–water partition coefficient (Wildman–Crippen LogP) is 2.42.